The van der Waals surface area contributed by atoms with E-state index in [0.29, 0.717) is 5.75 Å². The average Bonchev–Trinajstić information content (AvgIpc) is 2.79. The van der Waals surface area contributed by atoms with Gasteiger partial charge in [0.05, 0.1) is 17.5 Å². The van der Waals surface area contributed by atoms with Crippen LogP contribution in [0.4, 0.5) is 0 Å². The Bertz CT molecular complexity index is 621. The molecule has 1 unspecified atom stereocenters. The van der Waals surface area contributed by atoms with Crippen LogP contribution in [0.3, 0.4) is 0 Å². The van der Waals surface area contributed by atoms with Crippen LogP contribution in [0.5, 0.6) is 0 Å². The maximum Gasteiger partial charge on any atom is 0.230 e. The van der Waals surface area contributed by atoms with Crippen LogP contribution in [0, 0.1) is 13.8 Å². The second-order valence-electron chi connectivity index (χ2n) is 5.14. The standard InChI is InChI=1S/C16H19BrN2O2S/c1-10(13-4-6-14(17)7-5-13)18-16(20)9-22-8-15-11(2)19-21-12(15)3/h4-7,10H,8-9H2,1-3H3,(H,18,20). The molecule has 2 aromatic rings. The van der Waals surface area contributed by atoms with E-state index in [0.717, 1.165) is 32.8 Å². The monoisotopic (exact) mass is 382 g/mol. The lowest BCUT2D eigenvalue weighted by Gasteiger charge is -2.14. The lowest BCUT2D eigenvalue weighted by molar-refractivity contribution is -0.119. The number of aromatic nitrogens is 1. The van der Waals surface area contributed by atoms with E-state index in [2.05, 4.69) is 26.4 Å². The van der Waals surface area contributed by atoms with Gasteiger partial charge < -0.3 is 9.84 Å². The summed E-state index contributed by atoms with van der Waals surface area (Å²) in [6.07, 6.45) is 0. The Morgan fingerprint density at radius 3 is 2.64 bits per heavy atom. The summed E-state index contributed by atoms with van der Waals surface area (Å²) in [5.74, 6) is 2.02. The molecule has 4 nitrogen and oxygen atoms in total. The number of halogens is 1. The van der Waals surface area contributed by atoms with Crippen LogP contribution in [-0.4, -0.2) is 16.8 Å². The van der Waals surface area contributed by atoms with Crippen LogP contribution in [0.1, 0.15) is 35.5 Å². The van der Waals surface area contributed by atoms with Crippen molar-refractivity contribution < 1.29 is 9.32 Å². The van der Waals surface area contributed by atoms with Gasteiger partial charge >= 0.3 is 0 Å². The van der Waals surface area contributed by atoms with E-state index in [1.54, 1.807) is 11.8 Å². The molecule has 1 heterocycles. The molecule has 0 saturated heterocycles. The SMILES string of the molecule is Cc1noc(C)c1CSCC(=O)NC(C)c1ccc(Br)cc1. The smallest absolute Gasteiger partial charge is 0.230 e. The Balaban J connectivity index is 1.79. The molecule has 22 heavy (non-hydrogen) atoms. The van der Waals surface area contributed by atoms with Crippen LogP contribution < -0.4 is 5.32 Å². The maximum atomic E-state index is 12.0. The van der Waals surface area contributed by atoms with Crippen LogP contribution in [0.15, 0.2) is 33.3 Å². The fourth-order valence-corrected chi connectivity index (χ4v) is 3.32. The minimum Gasteiger partial charge on any atom is -0.361 e. The molecular weight excluding hydrogens is 364 g/mol. The van der Waals surface area contributed by atoms with Gasteiger partial charge in [-0.25, -0.2) is 0 Å². The van der Waals surface area contributed by atoms with E-state index in [1.807, 2.05) is 45.0 Å². The number of hydrogen-bond donors (Lipinski definition) is 1. The number of carbonyl (C=O) groups excluding carboxylic acids is 1. The molecule has 1 amide bonds. The summed E-state index contributed by atoms with van der Waals surface area (Å²) in [4.78, 5) is 12.0. The van der Waals surface area contributed by atoms with Crippen molar-refractivity contribution in [2.75, 3.05) is 5.75 Å². The summed E-state index contributed by atoms with van der Waals surface area (Å²) >= 11 is 4.97. The number of aryl methyl sites for hydroxylation is 2. The summed E-state index contributed by atoms with van der Waals surface area (Å²) < 4.78 is 6.15. The van der Waals surface area contributed by atoms with E-state index < -0.39 is 0 Å². The molecule has 0 bridgehead atoms. The van der Waals surface area contributed by atoms with Gasteiger partial charge in [0.2, 0.25) is 5.91 Å². The van der Waals surface area contributed by atoms with E-state index >= 15 is 0 Å². The van der Waals surface area contributed by atoms with E-state index in [-0.39, 0.29) is 11.9 Å². The minimum absolute atomic E-state index is 0.000245. The van der Waals surface area contributed by atoms with Gasteiger partial charge in [-0.2, -0.15) is 0 Å². The number of thioether (sulfide) groups is 1. The van der Waals surface area contributed by atoms with Crippen molar-refractivity contribution in [3.63, 3.8) is 0 Å². The largest absolute Gasteiger partial charge is 0.361 e. The van der Waals surface area contributed by atoms with Crippen molar-refractivity contribution in [2.45, 2.75) is 32.6 Å². The molecule has 118 valence electrons. The molecule has 0 aliphatic heterocycles. The highest BCUT2D eigenvalue weighted by Crippen LogP contribution is 2.20. The number of nitrogens with zero attached hydrogens (tertiary/aromatic N) is 1. The highest BCUT2D eigenvalue weighted by atomic mass is 79.9. The van der Waals surface area contributed by atoms with Crippen LogP contribution in [0.25, 0.3) is 0 Å². The first-order valence-corrected chi connectivity index (χ1v) is 8.96. The average molecular weight is 383 g/mol. The first kappa shape index (κ1) is 17.1. The first-order valence-electron chi connectivity index (χ1n) is 7.01. The quantitative estimate of drug-likeness (QED) is 0.814. The van der Waals surface area contributed by atoms with Crippen molar-refractivity contribution in [3.05, 3.63) is 51.3 Å². The summed E-state index contributed by atoms with van der Waals surface area (Å²) in [6, 6.07) is 7.96. The van der Waals surface area contributed by atoms with Crippen molar-refractivity contribution >= 4 is 33.6 Å². The topological polar surface area (TPSA) is 55.1 Å². The molecule has 0 aliphatic rings. The van der Waals surface area contributed by atoms with Gasteiger partial charge in [0, 0.05) is 15.8 Å². The van der Waals surface area contributed by atoms with Gasteiger partial charge in [-0.3, -0.25) is 4.79 Å². The van der Waals surface area contributed by atoms with Crippen LogP contribution >= 0.6 is 27.7 Å². The molecule has 0 spiro atoms. The molecule has 0 saturated carbocycles. The summed E-state index contributed by atoms with van der Waals surface area (Å²) in [6.45, 7) is 5.80. The fraction of sp³-hybridized carbons (Fsp3) is 0.375. The maximum absolute atomic E-state index is 12.0. The molecule has 0 radical (unpaired) electrons. The van der Waals surface area contributed by atoms with E-state index in [1.165, 1.54) is 0 Å². The molecule has 6 heteroatoms. The second-order valence-corrected chi connectivity index (χ2v) is 7.04. The number of rotatable bonds is 6. The third-order valence-corrected chi connectivity index (χ3v) is 4.90. The Morgan fingerprint density at radius 1 is 1.36 bits per heavy atom. The fourth-order valence-electron chi connectivity index (χ4n) is 2.07. The molecule has 1 atom stereocenters. The molecule has 1 N–H and O–H groups in total. The van der Waals surface area contributed by atoms with Crippen molar-refractivity contribution in [1.29, 1.82) is 0 Å². The molecule has 0 aliphatic carbocycles. The zero-order valence-corrected chi connectivity index (χ0v) is 15.3. The predicted octanol–water partition coefficient (Wildman–Crippen LogP) is 4.16. The number of benzene rings is 1. The van der Waals surface area contributed by atoms with Gasteiger partial charge in [0.15, 0.2) is 0 Å². The second kappa shape index (κ2) is 7.83. The van der Waals surface area contributed by atoms with Gasteiger partial charge in [-0.05, 0) is 38.5 Å². The normalized spacial score (nSPS) is 12.2. The predicted molar refractivity (Wildman–Crippen MR) is 92.8 cm³/mol. The Labute approximate surface area is 143 Å². The highest BCUT2D eigenvalue weighted by Gasteiger charge is 2.12. The van der Waals surface area contributed by atoms with Gasteiger partial charge in [-0.15, -0.1) is 11.8 Å². The molecular formula is C16H19BrN2O2S. The summed E-state index contributed by atoms with van der Waals surface area (Å²) in [5.41, 5.74) is 3.07. The number of amides is 1. The van der Waals surface area contributed by atoms with Gasteiger partial charge in [0.25, 0.3) is 0 Å². The number of nitrogens with one attached hydrogen (secondary N) is 1. The lowest BCUT2D eigenvalue weighted by atomic mass is 10.1. The van der Waals surface area contributed by atoms with E-state index in [9.17, 15) is 4.79 Å². The highest BCUT2D eigenvalue weighted by molar-refractivity contribution is 9.10. The molecule has 2 rings (SSSR count). The number of hydrogen-bond acceptors (Lipinski definition) is 4. The van der Waals surface area contributed by atoms with Crippen molar-refractivity contribution in [1.82, 2.24) is 10.5 Å². The number of carbonyl (C=O) groups is 1. The Morgan fingerprint density at radius 2 is 2.05 bits per heavy atom. The zero-order chi connectivity index (χ0) is 16.1. The zero-order valence-electron chi connectivity index (χ0n) is 12.9. The Kier molecular flexibility index (Phi) is 6.08. The van der Waals surface area contributed by atoms with Crippen LogP contribution in [-0.2, 0) is 10.5 Å². The molecule has 1 aromatic carbocycles. The van der Waals surface area contributed by atoms with E-state index in [4.69, 9.17) is 4.52 Å². The summed E-state index contributed by atoms with van der Waals surface area (Å²) in [7, 11) is 0. The third-order valence-electron chi connectivity index (χ3n) is 3.41. The van der Waals surface area contributed by atoms with Crippen LogP contribution in [0.2, 0.25) is 0 Å². The van der Waals surface area contributed by atoms with Gasteiger partial charge in [-0.1, -0.05) is 33.2 Å². The first-order chi connectivity index (χ1) is 10.5. The minimum atomic E-state index is 0.000245. The lowest BCUT2D eigenvalue weighted by Crippen LogP contribution is -2.28. The van der Waals surface area contributed by atoms with Crippen molar-refractivity contribution in [3.8, 4) is 0 Å². The van der Waals surface area contributed by atoms with Crippen molar-refractivity contribution in [2.24, 2.45) is 0 Å². The Hall–Kier alpha value is -1.27. The third kappa shape index (κ3) is 4.61. The molecule has 1 aromatic heterocycles. The molecule has 0 fully saturated rings. The summed E-state index contributed by atoms with van der Waals surface area (Å²) in [5, 5.41) is 6.93. The van der Waals surface area contributed by atoms with Gasteiger partial charge in [0.1, 0.15) is 5.76 Å².